The Kier molecular flexibility index (Phi) is 5.38. The molecule has 0 saturated carbocycles. The summed E-state index contributed by atoms with van der Waals surface area (Å²) >= 11 is 0. The maximum Gasteiger partial charge on any atom is 0.416 e. The van der Waals surface area contributed by atoms with Crippen molar-refractivity contribution in [3.05, 3.63) is 29.8 Å². The second-order valence-corrected chi connectivity index (χ2v) is 4.62. The minimum absolute atomic E-state index is 0.0677. The molecule has 112 valence electrons. The Balaban J connectivity index is 2.59. The molecule has 0 heterocycles. The molecule has 1 aromatic rings. The topological polar surface area (TPSA) is 61.4 Å². The maximum atomic E-state index is 12.4. The number of halogens is 3. The number of carbonyl (C=O) groups excluding carboxylic acids is 1. The molecule has 0 saturated heterocycles. The molecule has 0 aliphatic heterocycles. The molecule has 0 aliphatic carbocycles. The molecular formula is C13H17F3N2O2. The number of aliphatic hydroxyl groups excluding tert-OH is 1. The summed E-state index contributed by atoms with van der Waals surface area (Å²) in [4.78, 5) is 11.6. The molecule has 0 aliphatic rings. The van der Waals surface area contributed by atoms with Crippen molar-refractivity contribution in [2.45, 2.75) is 26.1 Å². The summed E-state index contributed by atoms with van der Waals surface area (Å²) in [7, 11) is 0. The van der Waals surface area contributed by atoms with E-state index < -0.39 is 17.8 Å². The quantitative estimate of drug-likeness (QED) is 0.798. The van der Waals surface area contributed by atoms with Gasteiger partial charge in [0.05, 0.1) is 5.56 Å². The van der Waals surface area contributed by atoms with Crippen LogP contribution in [0.25, 0.3) is 0 Å². The first-order valence-electron chi connectivity index (χ1n) is 6.09. The van der Waals surface area contributed by atoms with Crippen molar-refractivity contribution in [1.82, 2.24) is 5.32 Å². The van der Waals surface area contributed by atoms with E-state index in [9.17, 15) is 18.0 Å². The van der Waals surface area contributed by atoms with Crippen LogP contribution in [0.2, 0.25) is 0 Å². The van der Waals surface area contributed by atoms with E-state index in [2.05, 4.69) is 10.6 Å². The van der Waals surface area contributed by atoms with Crippen molar-refractivity contribution in [2.24, 2.45) is 5.92 Å². The smallest absolute Gasteiger partial charge is 0.396 e. The number of hydrogen-bond acceptors (Lipinski definition) is 2. The van der Waals surface area contributed by atoms with Gasteiger partial charge in [0.25, 0.3) is 0 Å². The van der Waals surface area contributed by atoms with E-state index in [1.165, 1.54) is 12.1 Å². The van der Waals surface area contributed by atoms with Gasteiger partial charge in [-0.05, 0) is 37.1 Å². The highest BCUT2D eigenvalue weighted by Crippen LogP contribution is 2.29. The highest BCUT2D eigenvalue weighted by Gasteiger charge is 2.30. The van der Waals surface area contributed by atoms with Crippen LogP contribution in [-0.2, 0) is 6.18 Å². The van der Waals surface area contributed by atoms with E-state index >= 15 is 0 Å². The van der Waals surface area contributed by atoms with Crippen LogP contribution in [0, 0.1) is 5.92 Å². The van der Waals surface area contributed by atoms with Crippen LogP contribution >= 0.6 is 0 Å². The zero-order valence-electron chi connectivity index (χ0n) is 11.2. The van der Waals surface area contributed by atoms with Gasteiger partial charge < -0.3 is 15.7 Å². The van der Waals surface area contributed by atoms with E-state index in [1.54, 1.807) is 13.8 Å². The average molecular weight is 290 g/mol. The number of aliphatic hydroxyl groups is 1. The lowest BCUT2D eigenvalue weighted by atomic mass is 10.1. The number of amides is 2. The molecule has 7 heteroatoms. The predicted octanol–water partition coefficient (Wildman–Crippen LogP) is 2.84. The fraction of sp³-hybridized carbons (Fsp3) is 0.462. The molecule has 3 N–H and O–H groups in total. The number of hydrogen-bond donors (Lipinski definition) is 3. The van der Waals surface area contributed by atoms with Crippen LogP contribution in [0.1, 0.15) is 19.4 Å². The van der Waals surface area contributed by atoms with Gasteiger partial charge in [-0.25, -0.2) is 4.79 Å². The average Bonchev–Trinajstić information content (AvgIpc) is 2.37. The van der Waals surface area contributed by atoms with Crippen molar-refractivity contribution in [1.29, 1.82) is 0 Å². The number of nitrogens with one attached hydrogen (secondary N) is 2. The molecule has 20 heavy (non-hydrogen) atoms. The third-order valence-corrected chi connectivity index (χ3v) is 2.97. The van der Waals surface area contributed by atoms with Crippen molar-refractivity contribution >= 4 is 11.7 Å². The molecule has 1 aromatic carbocycles. The number of rotatable bonds is 4. The summed E-state index contributed by atoms with van der Waals surface area (Å²) in [6, 6.07) is 3.38. The number of urea groups is 1. The standard InChI is InChI=1S/C13H17F3N2O2/c1-8(7-19)9(2)17-12(20)18-11-5-3-10(4-6-11)13(14,15)16/h3-6,8-9,19H,7H2,1-2H3,(H2,17,18,20). The summed E-state index contributed by atoms with van der Waals surface area (Å²) in [6.07, 6.45) is -4.40. The van der Waals surface area contributed by atoms with Crippen LogP contribution in [0.15, 0.2) is 24.3 Å². The summed E-state index contributed by atoms with van der Waals surface area (Å²) in [6.45, 7) is 3.43. The first-order valence-corrected chi connectivity index (χ1v) is 6.09. The van der Waals surface area contributed by atoms with Gasteiger partial charge in [0, 0.05) is 18.3 Å². The highest BCUT2D eigenvalue weighted by atomic mass is 19.4. The molecular weight excluding hydrogens is 273 g/mol. The maximum absolute atomic E-state index is 12.4. The molecule has 0 spiro atoms. The van der Waals surface area contributed by atoms with Crippen LogP contribution < -0.4 is 10.6 Å². The number of benzene rings is 1. The lowest BCUT2D eigenvalue weighted by Gasteiger charge is -2.19. The Morgan fingerprint density at radius 1 is 1.25 bits per heavy atom. The van der Waals surface area contributed by atoms with E-state index in [0.29, 0.717) is 0 Å². The van der Waals surface area contributed by atoms with Crippen molar-refractivity contribution < 1.29 is 23.1 Å². The highest BCUT2D eigenvalue weighted by molar-refractivity contribution is 5.89. The summed E-state index contributed by atoms with van der Waals surface area (Å²) in [5.41, 5.74) is -0.509. The van der Waals surface area contributed by atoms with Gasteiger partial charge >= 0.3 is 12.2 Å². The zero-order valence-corrected chi connectivity index (χ0v) is 11.2. The normalized spacial score (nSPS) is 14.5. The predicted molar refractivity (Wildman–Crippen MR) is 69.3 cm³/mol. The Labute approximate surface area is 115 Å². The van der Waals surface area contributed by atoms with Gasteiger partial charge in [0.2, 0.25) is 0 Å². The van der Waals surface area contributed by atoms with Gasteiger partial charge in [-0.1, -0.05) is 6.92 Å². The molecule has 0 aromatic heterocycles. The number of anilines is 1. The minimum atomic E-state index is -4.40. The summed E-state index contributed by atoms with van der Waals surface area (Å²) < 4.78 is 37.1. The molecule has 2 unspecified atom stereocenters. The van der Waals surface area contributed by atoms with Gasteiger partial charge in [-0.15, -0.1) is 0 Å². The molecule has 2 amide bonds. The third-order valence-electron chi connectivity index (χ3n) is 2.97. The largest absolute Gasteiger partial charge is 0.416 e. The van der Waals surface area contributed by atoms with Gasteiger partial charge in [-0.3, -0.25) is 0 Å². The lowest BCUT2D eigenvalue weighted by Crippen LogP contribution is -2.40. The van der Waals surface area contributed by atoms with Crippen molar-refractivity contribution in [3.8, 4) is 0 Å². The van der Waals surface area contributed by atoms with Crippen molar-refractivity contribution in [3.63, 3.8) is 0 Å². The second-order valence-electron chi connectivity index (χ2n) is 4.62. The van der Waals surface area contributed by atoms with Crippen molar-refractivity contribution in [2.75, 3.05) is 11.9 Å². The lowest BCUT2D eigenvalue weighted by molar-refractivity contribution is -0.137. The number of carbonyl (C=O) groups is 1. The fourth-order valence-corrected chi connectivity index (χ4v) is 1.42. The summed E-state index contributed by atoms with van der Waals surface area (Å²) in [5.74, 6) is -0.117. The fourth-order valence-electron chi connectivity index (χ4n) is 1.42. The molecule has 1 rings (SSSR count). The monoisotopic (exact) mass is 290 g/mol. The third kappa shape index (κ3) is 4.73. The molecule has 0 radical (unpaired) electrons. The van der Waals surface area contributed by atoms with Crippen LogP contribution in [-0.4, -0.2) is 23.8 Å². The Hall–Kier alpha value is -1.76. The molecule has 0 bridgehead atoms. The zero-order chi connectivity index (χ0) is 15.3. The SMILES string of the molecule is CC(CO)C(C)NC(=O)Nc1ccc(C(F)(F)F)cc1. The van der Waals surface area contributed by atoms with Gasteiger partial charge in [-0.2, -0.15) is 13.2 Å². The molecule has 0 fully saturated rings. The van der Waals surface area contributed by atoms with Crippen LogP contribution in [0.5, 0.6) is 0 Å². The Morgan fingerprint density at radius 3 is 2.25 bits per heavy atom. The first-order chi connectivity index (χ1) is 9.24. The Morgan fingerprint density at radius 2 is 1.80 bits per heavy atom. The first kappa shape index (κ1) is 16.3. The minimum Gasteiger partial charge on any atom is -0.396 e. The Bertz CT molecular complexity index is 446. The molecule has 4 nitrogen and oxygen atoms in total. The van der Waals surface area contributed by atoms with Gasteiger partial charge in [0.1, 0.15) is 0 Å². The summed E-state index contributed by atoms with van der Waals surface area (Å²) in [5, 5.41) is 14.0. The van der Waals surface area contributed by atoms with Crippen LogP contribution in [0.3, 0.4) is 0 Å². The second kappa shape index (κ2) is 6.60. The van der Waals surface area contributed by atoms with Gasteiger partial charge in [0.15, 0.2) is 0 Å². The van der Waals surface area contributed by atoms with E-state index in [0.717, 1.165) is 12.1 Å². The number of alkyl halides is 3. The van der Waals surface area contributed by atoms with E-state index in [-0.39, 0.29) is 24.3 Å². The van der Waals surface area contributed by atoms with E-state index in [4.69, 9.17) is 5.11 Å². The van der Waals surface area contributed by atoms with E-state index in [1.807, 2.05) is 0 Å². The molecule has 2 atom stereocenters. The van der Waals surface area contributed by atoms with Crippen LogP contribution in [0.4, 0.5) is 23.7 Å².